The zero-order chi connectivity index (χ0) is 12.3. The molecule has 0 fully saturated rings. The Hall–Kier alpha value is -1.61. The van der Waals surface area contributed by atoms with Crippen molar-refractivity contribution >= 4 is 16.6 Å². The molecule has 0 saturated heterocycles. The number of hydrazine groups is 1. The Morgan fingerprint density at radius 2 is 1.72 bits per heavy atom. The van der Waals surface area contributed by atoms with Gasteiger partial charge in [-0.25, -0.2) is 5.01 Å². The van der Waals surface area contributed by atoms with E-state index in [4.69, 9.17) is 0 Å². The molecule has 2 rings (SSSR count). The van der Waals surface area contributed by atoms with Crippen LogP contribution in [0.4, 0.5) is 5.69 Å². The quantitative estimate of drug-likeness (QED) is 0.768. The second-order valence-electron chi connectivity index (χ2n) is 4.01. The number of hydrogen-bond donors (Lipinski definition) is 0. The SMILES string of the molecule is C.CCN(CC)N(C)c1ccnc2ccccc12. The zero-order valence-corrected chi connectivity index (χ0v) is 10.7. The molecular weight excluding hydrogens is 222 g/mol. The van der Waals surface area contributed by atoms with Crippen LogP contribution in [0.1, 0.15) is 21.3 Å². The number of nitrogens with zero attached hydrogens (tertiary/aromatic N) is 3. The summed E-state index contributed by atoms with van der Waals surface area (Å²) in [6, 6.07) is 10.3. The molecule has 1 heterocycles. The normalized spacial score (nSPS) is 10.4. The Balaban J connectivity index is 0.00000162. The standard InChI is InChI=1S/C14H19N3.CH4/c1-4-17(5-2)16(3)14-10-11-15-13-9-7-6-8-12(13)14;/h6-11H,4-5H2,1-3H3;1H4. The van der Waals surface area contributed by atoms with Crippen molar-refractivity contribution in [3.05, 3.63) is 36.5 Å². The van der Waals surface area contributed by atoms with Gasteiger partial charge >= 0.3 is 0 Å². The summed E-state index contributed by atoms with van der Waals surface area (Å²) in [5.41, 5.74) is 2.25. The van der Waals surface area contributed by atoms with Crippen molar-refractivity contribution in [2.45, 2.75) is 21.3 Å². The van der Waals surface area contributed by atoms with Gasteiger partial charge in [-0.05, 0) is 12.1 Å². The fourth-order valence-electron chi connectivity index (χ4n) is 2.16. The molecular formula is C15H23N3. The van der Waals surface area contributed by atoms with Gasteiger partial charge < -0.3 is 5.01 Å². The predicted molar refractivity (Wildman–Crippen MR) is 79.8 cm³/mol. The lowest BCUT2D eigenvalue weighted by atomic mass is 10.2. The second kappa shape index (κ2) is 6.36. The summed E-state index contributed by atoms with van der Waals surface area (Å²) in [4.78, 5) is 4.39. The Bertz CT molecular complexity index is 487. The van der Waals surface area contributed by atoms with Crippen LogP contribution in [0.15, 0.2) is 36.5 Å². The molecule has 3 nitrogen and oxygen atoms in total. The molecule has 0 aliphatic carbocycles. The molecule has 18 heavy (non-hydrogen) atoms. The van der Waals surface area contributed by atoms with E-state index in [1.54, 1.807) is 0 Å². The number of benzene rings is 1. The molecule has 0 amide bonds. The highest BCUT2D eigenvalue weighted by Gasteiger charge is 2.11. The number of hydrogen-bond acceptors (Lipinski definition) is 3. The summed E-state index contributed by atoms with van der Waals surface area (Å²) in [7, 11) is 2.11. The lowest BCUT2D eigenvalue weighted by Gasteiger charge is -2.32. The van der Waals surface area contributed by atoms with Crippen LogP contribution in [0.25, 0.3) is 10.9 Å². The fourth-order valence-corrected chi connectivity index (χ4v) is 2.16. The molecule has 0 unspecified atom stereocenters. The van der Waals surface area contributed by atoms with Gasteiger partial charge in [-0.1, -0.05) is 39.5 Å². The van der Waals surface area contributed by atoms with Gasteiger partial charge in [0, 0.05) is 31.7 Å². The fraction of sp³-hybridized carbons (Fsp3) is 0.400. The summed E-state index contributed by atoms with van der Waals surface area (Å²) >= 11 is 0. The van der Waals surface area contributed by atoms with Crippen molar-refractivity contribution < 1.29 is 0 Å². The first kappa shape index (κ1) is 14.5. The van der Waals surface area contributed by atoms with Crippen molar-refractivity contribution in [1.82, 2.24) is 9.99 Å². The minimum atomic E-state index is 0. The van der Waals surface area contributed by atoms with E-state index in [1.165, 1.54) is 11.1 Å². The number of aromatic nitrogens is 1. The van der Waals surface area contributed by atoms with Gasteiger partial charge in [-0.15, -0.1) is 0 Å². The van der Waals surface area contributed by atoms with Crippen molar-refractivity contribution in [3.63, 3.8) is 0 Å². The Morgan fingerprint density at radius 1 is 1.06 bits per heavy atom. The highest BCUT2D eigenvalue weighted by molar-refractivity contribution is 5.91. The summed E-state index contributed by atoms with van der Waals surface area (Å²) in [6.45, 7) is 6.35. The summed E-state index contributed by atoms with van der Waals surface area (Å²) in [5, 5.41) is 5.70. The molecule has 0 N–H and O–H groups in total. The van der Waals surface area contributed by atoms with E-state index < -0.39 is 0 Å². The smallest absolute Gasteiger partial charge is 0.0723 e. The Morgan fingerprint density at radius 3 is 2.39 bits per heavy atom. The molecule has 1 aromatic carbocycles. The molecule has 98 valence electrons. The molecule has 0 saturated carbocycles. The molecule has 0 aliphatic rings. The first-order valence-corrected chi connectivity index (χ1v) is 6.10. The summed E-state index contributed by atoms with van der Waals surface area (Å²) < 4.78 is 0. The van der Waals surface area contributed by atoms with Crippen LogP contribution in [-0.4, -0.2) is 30.1 Å². The predicted octanol–water partition coefficient (Wildman–Crippen LogP) is 3.56. The van der Waals surface area contributed by atoms with E-state index in [9.17, 15) is 0 Å². The maximum atomic E-state index is 4.39. The highest BCUT2D eigenvalue weighted by atomic mass is 15.6. The van der Waals surface area contributed by atoms with Crippen LogP contribution >= 0.6 is 0 Å². The molecule has 0 spiro atoms. The number of anilines is 1. The molecule has 0 atom stereocenters. The maximum Gasteiger partial charge on any atom is 0.0723 e. The third kappa shape index (κ3) is 2.62. The van der Waals surface area contributed by atoms with Crippen molar-refractivity contribution in [2.75, 3.05) is 25.1 Å². The minimum Gasteiger partial charge on any atom is -0.308 e. The molecule has 3 heteroatoms. The topological polar surface area (TPSA) is 19.4 Å². The second-order valence-corrected chi connectivity index (χ2v) is 4.01. The van der Waals surface area contributed by atoms with Crippen molar-refractivity contribution in [1.29, 1.82) is 0 Å². The number of pyridine rings is 1. The highest BCUT2D eigenvalue weighted by Crippen LogP contribution is 2.24. The van der Waals surface area contributed by atoms with Gasteiger partial charge in [0.15, 0.2) is 0 Å². The van der Waals surface area contributed by atoms with Crippen LogP contribution < -0.4 is 5.01 Å². The third-order valence-corrected chi connectivity index (χ3v) is 3.13. The molecule has 0 radical (unpaired) electrons. The van der Waals surface area contributed by atoms with E-state index in [2.05, 4.69) is 60.2 Å². The van der Waals surface area contributed by atoms with E-state index in [0.717, 1.165) is 18.6 Å². The van der Waals surface area contributed by atoms with E-state index in [-0.39, 0.29) is 7.43 Å². The molecule has 0 bridgehead atoms. The number of fused-ring (bicyclic) bond motifs is 1. The van der Waals surface area contributed by atoms with Crippen molar-refractivity contribution in [2.24, 2.45) is 0 Å². The van der Waals surface area contributed by atoms with Crippen LogP contribution in [0.5, 0.6) is 0 Å². The van der Waals surface area contributed by atoms with Gasteiger partial charge in [-0.2, -0.15) is 0 Å². The zero-order valence-electron chi connectivity index (χ0n) is 10.7. The summed E-state index contributed by atoms with van der Waals surface area (Å²) in [5.74, 6) is 0. The molecule has 2 aromatic rings. The monoisotopic (exact) mass is 245 g/mol. The van der Waals surface area contributed by atoms with Crippen molar-refractivity contribution in [3.8, 4) is 0 Å². The van der Waals surface area contributed by atoms with Crippen LogP contribution in [-0.2, 0) is 0 Å². The van der Waals surface area contributed by atoms with Crippen LogP contribution in [0, 0.1) is 0 Å². The first-order valence-electron chi connectivity index (χ1n) is 6.10. The van der Waals surface area contributed by atoms with Crippen LogP contribution in [0.3, 0.4) is 0 Å². The summed E-state index contributed by atoms with van der Waals surface area (Å²) in [6.07, 6.45) is 1.87. The van der Waals surface area contributed by atoms with E-state index in [1.807, 2.05) is 12.3 Å². The Labute approximate surface area is 110 Å². The molecule has 0 aliphatic heterocycles. The van der Waals surface area contributed by atoms with Gasteiger partial charge in [-0.3, -0.25) is 4.98 Å². The van der Waals surface area contributed by atoms with E-state index >= 15 is 0 Å². The molecule has 1 aromatic heterocycles. The van der Waals surface area contributed by atoms with Gasteiger partial charge in [0.1, 0.15) is 0 Å². The van der Waals surface area contributed by atoms with Crippen LogP contribution in [0.2, 0.25) is 0 Å². The first-order chi connectivity index (χ1) is 8.27. The average molecular weight is 245 g/mol. The largest absolute Gasteiger partial charge is 0.308 e. The van der Waals surface area contributed by atoms with Gasteiger partial charge in [0.05, 0.1) is 11.2 Å². The lowest BCUT2D eigenvalue weighted by Crippen LogP contribution is -2.39. The minimum absolute atomic E-state index is 0. The van der Waals surface area contributed by atoms with Gasteiger partial charge in [0.2, 0.25) is 0 Å². The number of rotatable bonds is 4. The average Bonchev–Trinajstić information content (AvgIpc) is 2.39. The Kier molecular flexibility index (Phi) is 5.10. The lowest BCUT2D eigenvalue weighted by molar-refractivity contribution is 0.294. The van der Waals surface area contributed by atoms with E-state index in [0.29, 0.717) is 0 Å². The maximum absolute atomic E-state index is 4.39. The third-order valence-electron chi connectivity index (χ3n) is 3.13. The van der Waals surface area contributed by atoms with Gasteiger partial charge in [0.25, 0.3) is 0 Å². The number of para-hydroxylation sites is 1.